The van der Waals surface area contributed by atoms with Gasteiger partial charge in [0.05, 0.1) is 0 Å². The summed E-state index contributed by atoms with van der Waals surface area (Å²) in [4.78, 5) is 30.7. The van der Waals surface area contributed by atoms with E-state index in [0.717, 1.165) is 5.56 Å². The van der Waals surface area contributed by atoms with Crippen molar-refractivity contribution < 1.29 is 18.8 Å². The van der Waals surface area contributed by atoms with E-state index in [4.69, 9.17) is 9.26 Å². The van der Waals surface area contributed by atoms with Crippen molar-refractivity contribution in [1.82, 2.24) is 25.7 Å². The smallest absolute Gasteiger partial charge is 0.261 e. The van der Waals surface area contributed by atoms with E-state index in [2.05, 4.69) is 20.8 Å². The van der Waals surface area contributed by atoms with E-state index in [1.54, 1.807) is 36.2 Å². The van der Waals surface area contributed by atoms with Gasteiger partial charge in [-0.15, -0.1) is 0 Å². The fourth-order valence-electron chi connectivity index (χ4n) is 3.37. The standard InChI is InChI=1S/C22H23N5O4/c1-23-21(29)16-9-7-15(8-10-16)20-25-22(31-26-20)18-13-24-11-12-27(18)19(28)14-30-17-5-3-2-4-6-17/h2-10,18,24H,11-14H2,1H3,(H,23,29). The number of nitrogens with zero attached hydrogens (tertiary/aromatic N) is 3. The summed E-state index contributed by atoms with van der Waals surface area (Å²) in [6.45, 7) is 1.63. The zero-order chi connectivity index (χ0) is 21.6. The van der Waals surface area contributed by atoms with Gasteiger partial charge in [-0.25, -0.2) is 0 Å². The van der Waals surface area contributed by atoms with Crippen LogP contribution >= 0.6 is 0 Å². The lowest BCUT2D eigenvalue weighted by atomic mass is 10.1. The van der Waals surface area contributed by atoms with Crippen molar-refractivity contribution in [2.24, 2.45) is 0 Å². The third kappa shape index (κ3) is 4.72. The van der Waals surface area contributed by atoms with Crippen LogP contribution in [0.25, 0.3) is 11.4 Å². The molecular formula is C22H23N5O4. The summed E-state index contributed by atoms with van der Waals surface area (Å²) >= 11 is 0. The third-order valence-corrected chi connectivity index (χ3v) is 5.03. The average Bonchev–Trinajstić information content (AvgIpc) is 3.33. The van der Waals surface area contributed by atoms with Gasteiger partial charge < -0.3 is 24.8 Å². The Morgan fingerprint density at radius 2 is 1.97 bits per heavy atom. The summed E-state index contributed by atoms with van der Waals surface area (Å²) in [7, 11) is 1.58. The molecule has 2 aromatic carbocycles. The first-order chi connectivity index (χ1) is 15.2. The van der Waals surface area contributed by atoms with Gasteiger partial charge in [0.25, 0.3) is 17.7 Å². The molecule has 1 atom stereocenters. The van der Waals surface area contributed by atoms with Gasteiger partial charge in [0.15, 0.2) is 6.61 Å². The molecule has 0 aliphatic carbocycles. The molecule has 2 amide bonds. The Morgan fingerprint density at radius 1 is 1.19 bits per heavy atom. The number of rotatable bonds is 6. The molecule has 1 fully saturated rings. The monoisotopic (exact) mass is 421 g/mol. The number of hydrogen-bond donors (Lipinski definition) is 2. The Hall–Kier alpha value is -3.72. The Labute approximate surface area is 179 Å². The summed E-state index contributed by atoms with van der Waals surface area (Å²) in [6.07, 6.45) is 0. The average molecular weight is 421 g/mol. The Kier molecular flexibility index (Phi) is 6.23. The van der Waals surface area contributed by atoms with Crippen molar-refractivity contribution >= 4 is 11.8 Å². The zero-order valence-corrected chi connectivity index (χ0v) is 17.1. The minimum Gasteiger partial charge on any atom is -0.484 e. The Morgan fingerprint density at radius 3 is 2.71 bits per heavy atom. The van der Waals surface area contributed by atoms with Crippen LogP contribution in [0.1, 0.15) is 22.3 Å². The summed E-state index contributed by atoms with van der Waals surface area (Å²) in [5.74, 6) is 1.08. The molecule has 1 aliphatic heterocycles. The van der Waals surface area contributed by atoms with Gasteiger partial charge in [0.2, 0.25) is 5.82 Å². The number of carbonyl (C=O) groups is 2. The van der Waals surface area contributed by atoms with E-state index in [9.17, 15) is 9.59 Å². The third-order valence-electron chi connectivity index (χ3n) is 5.03. The largest absolute Gasteiger partial charge is 0.484 e. The molecule has 160 valence electrons. The van der Waals surface area contributed by atoms with Crippen molar-refractivity contribution in [3.05, 3.63) is 66.1 Å². The Bertz CT molecular complexity index is 1040. The van der Waals surface area contributed by atoms with Crippen LogP contribution in [-0.2, 0) is 4.79 Å². The lowest BCUT2D eigenvalue weighted by molar-refractivity contribution is -0.137. The second-order valence-corrected chi connectivity index (χ2v) is 7.02. The van der Waals surface area contributed by atoms with Crippen molar-refractivity contribution in [2.75, 3.05) is 33.3 Å². The molecule has 9 nitrogen and oxygen atoms in total. The zero-order valence-electron chi connectivity index (χ0n) is 17.1. The van der Waals surface area contributed by atoms with Gasteiger partial charge in [-0.3, -0.25) is 9.59 Å². The molecule has 4 rings (SSSR count). The maximum Gasteiger partial charge on any atom is 0.261 e. The van der Waals surface area contributed by atoms with Crippen LogP contribution in [0.4, 0.5) is 0 Å². The molecule has 2 N–H and O–H groups in total. The molecule has 9 heteroatoms. The van der Waals surface area contributed by atoms with Gasteiger partial charge in [-0.2, -0.15) is 4.98 Å². The van der Waals surface area contributed by atoms with E-state index in [-0.39, 0.29) is 24.5 Å². The quantitative estimate of drug-likeness (QED) is 0.623. The highest BCUT2D eigenvalue weighted by molar-refractivity contribution is 5.94. The van der Waals surface area contributed by atoms with Crippen LogP contribution in [0.3, 0.4) is 0 Å². The number of carbonyl (C=O) groups excluding carboxylic acids is 2. The molecule has 0 saturated carbocycles. The van der Waals surface area contributed by atoms with Crippen molar-refractivity contribution in [2.45, 2.75) is 6.04 Å². The number of aromatic nitrogens is 2. The summed E-state index contributed by atoms with van der Waals surface area (Å²) in [5, 5.41) is 9.90. The van der Waals surface area contributed by atoms with Gasteiger partial charge in [-0.05, 0) is 24.3 Å². The first kappa shape index (κ1) is 20.5. The van der Waals surface area contributed by atoms with E-state index in [0.29, 0.717) is 42.7 Å². The molecular weight excluding hydrogens is 398 g/mol. The van der Waals surface area contributed by atoms with Crippen LogP contribution in [0.2, 0.25) is 0 Å². The number of ether oxygens (including phenoxy) is 1. The van der Waals surface area contributed by atoms with Gasteiger partial charge >= 0.3 is 0 Å². The normalized spacial score (nSPS) is 16.0. The van der Waals surface area contributed by atoms with Crippen molar-refractivity contribution in [1.29, 1.82) is 0 Å². The van der Waals surface area contributed by atoms with E-state index in [1.165, 1.54) is 0 Å². The predicted molar refractivity (Wildman–Crippen MR) is 112 cm³/mol. The van der Waals surface area contributed by atoms with Crippen LogP contribution in [0, 0.1) is 0 Å². The molecule has 0 radical (unpaired) electrons. The highest BCUT2D eigenvalue weighted by Gasteiger charge is 2.32. The molecule has 1 aliphatic rings. The summed E-state index contributed by atoms with van der Waals surface area (Å²) < 4.78 is 11.1. The maximum absolute atomic E-state index is 12.8. The molecule has 31 heavy (non-hydrogen) atoms. The van der Waals surface area contributed by atoms with Crippen molar-refractivity contribution in [3.63, 3.8) is 0 Å². The topological polar surface area (TPSA) is 110 Å². The second kappa shape index (κ2) is 9.40. The highest BCUT2D eigenvalue weighted by Crippen LogP contribution is 2.24. The lowest BCUT2D eigenvalue weighted by Crippen LogP contribution is -2.50. The predicted octanol–water partition coefficient (Wildman–Crippen LogP) is 1.65. The number of para-hydroxylation sites is 1. The molecule has 3 aromatic rings. The minimum absolute atomic E-state index is 0.0670. The van der Waals surface area contributed by atoms with Gasteiger partial charge in [0, 0.05) is 37.8 Å². The fourth-order valence-corrected chi connectivity index (χ4v) is 3.37. The van der Waals surface area contributed by atoms with E-state index in [1.807, 2.05) is 30.3 Å². The molecule has 0 bridgehead atoms. The van der Waals surface area contributed by atoms with Crippen LogP contribution in [-0.4, -0.2) is 60.1 Å². The lowest BCUT2D eigenvalue weighted by Gasteiger charge is -2.33. The first-order valence-electron chi connectivity index (χ1n) is 10.00. The number of nitrogens with one attached hydrogen (secondary N) is 2. The van der Waals surface area contributed by atoms with Gasteiger partial charge in [-0.1, -0.05) is 35.5 Å². The maximum atomic E-state index is 12.8. The van der Waals surface area contributed by atoms with Gasteiger partial charge in [0.1, 0.15) is 11.8 Å². The van der Waals surface area contributed by atoms with Crippen LogP contribution < -0.4 is 15.4 Å². The number of piperazine rings is 1. The number of amides is 2. The van der Waals surface area contributed by atoms with Crippen LogP contribution in [0.15, 0.2) is 59.1 Å². The fraction of sp³-hybridized carbons (Fsp3) is 0.273. The molecule has 1 unspecified atom stereocenters. The summed E-state index contributed by atoms with van der Waals surface area (Å²) in [6, 6.07) is 15.7. The van der Waals surface area contributed by atoms with Crippen LogP contribution in [0.5, 0.6) is 5.75 Å². The van der Waals surface area contributed by atoms with E-state index >= 15 is 0 Å². The first-order valence-corrected chi connectivity index (χ1v) is 10.00. The molecule has 1 aromatic heterocycles. The Balaban J connectivity index is 1.46. The number of benzene rings is 2. The minimum atomic E-state index is -0.382. The highest BCUT2D eigenvalue weighted by atomic mass is 16.5. The molecule has 0 spiro atoms. The van der Waals surface area contributed by atoms with E-state index < -0.39 is 0 Å². The molecule has 2 heterocycles. The SMILES string of the molecule is CNC(=O)c1ccc(-c2noc(C3CNCCN3C(=O)COc3ccccc3)n2)cc1. The van der Waals surface area contributed by atoms with Crippen molar-refractivity contribution in [3.8, 4) is 17.1 Å². The summed E-state index contributed by atoms with van der Waals surface area (Å²) in [5.41, 5.74) is 1.26. The molecule has 1 saturated heterocycles. The number of hydrogen-bond acceptors (Lipinski definition) is 7. The second-order valence-electron chi connectivity index (χ2n) is 7.02.